The van der Waals surface area contributed by atoms with Gasteiger partial charge in [0.05, 0.1) is 0 Å². The zero-order valence-corrected chi connectivity index (χ0v) is 11.3. The molecule has 1 rings (SSSR count). The van der Waals surface area contributed by atoms with Gasteiger partial charge < -0.3 is 4.55 Å². The van der Waals surface area contributed by atoms with Crippen LogP contribution in [0.25, 0.3) is 0 Å². The second-order valence-electron chi connectivity index (χ2n) is 2.81. The van der Waals surface area contributed by atoms with Crippen LogP contribution in [0.3, 0.4) is 0 Å². The van der Waals surface area contributed by atoms with Crippen LogP contribution in [0.2, 0.25) is 0 Å². The molecule has 0 aromatic heterocycles. The van der Waals surface area contributed by atoms with E-state index in [1.807, 2.05) is 18.2 Å². The second-order valence-corrected chi connectivity index (χ2v) is 5.36. The highest BCUT2D eigenvalue weighted by Crippen LogP contribution is 2.20. The Bertz CT molecular complexity index is 342. The van der Waals surface area contributed by atoms with Crippen molar-refractivity contribution in [3.63, 3.8) is 0 Å². The van der Waals surface area contributed by atoms with Crippen molar-refractivity contribution in [3.8, 4) is 0 Å². The Labute approximate surface area is 103 Å². The molecule has 0 radical (unpaired) electrons. The van der Waals surface area contributed by atoms with Gasteiger partial charge in [0.15, 0.2) is 0 Å². The summed E-state index contributed by atoms with van der Waals surface area (Å²) in [5.74, 6) is 0.0647. The molecule has 0 fully saturated rings. The van der Waals surface area contributed by atoms with E-state index in [1.54, 1.807) is 0 Å². The van der Waals surface area contributed by atoms with E-state index in [9.17, 15) is 8.76 Å². The molecule has 0 bridgehead atoms. The van der Waals surface area contributed by atoms with Crippen molar-refractivity contribution in [2.24, 2.45) is 0 Å². The Morgan fingerprint density at radius 3 is 2.64 bits per heavy atom. The average Bonchev–Trinajstić information content (AvgIpc) is 2.10. The summed E-state index contributed by atoms with van der Waals surface area (Å²) < 4.78 is 21.9. The van der Waals surface area contributed by atoms with E-state index in [-0.39, 0.29) is 5.75 Å². The quantitative estimate of drug-likeness (QED) is 0.624. The Balaban J connectivity index is 2.84. The third kappa shape index (κ3) is 3.81. The summed E-state index contributed by atoms with van der Waals surface area (Å²) in [7, 11) is 0. The van der Waals surface area contributed by atoms with E-state index in [0.29, 0.717) is 0 Å². The summed E-state index contributed by atoms with van der Waals surface area (Å²) in [5.41, 5.74) is 1.99. The molecule has 0 amide bonds. The van der Waals surface area contributed by atoms with Gasteiger partial charge in [0.2, 0.25) is 0 Å². The molecule has 0 saturated heterocycles. The third-order valence-electron chi connectivity index (χ3n) is 1.77. The Morgan fingerprint density at radius 2 is 2.14 bits per heavy atom. The van der Waals surface area contributed by atoms with Crippen LogP contribution in [0.15, 0.2) is 22.7 Å². The van der Waals surface area contributed by atoms with Crippen LogP contribution in [-0.4, -0.2) is 14.1 Å². The van der Waals surface area contributed by atoms with Gasteiger partial charge in [-0.3, -0.25) is 4.21 Å². The summed E-state index contributed by atoms with van der Waals surface area (Å²) in [6.45, 7) is 0. The molecule has 14 heavy (non-hydrogen) atoms. The van der Waals surface area contributed by atoms with Gasteiger partial charge in [-0.25, -0.2) is 0 Å². The number of rotatable bonds is 4. The van der Waals surface area contributed by atoms with E-state index in [0.717, 1.165) is 21.8 Å². The number of hydrogen-bond acceptors (Lipinski definition) is 2. The largest absolute Gasteiger partial charge is 0.772 e. The molecular formula is C9H9Br2O2S-. The van der Waals surface area contributed by atoms with Crippen LogP contribution in [0.4, 0.5) is 0 Å². The van der Waals surface area contributed by atoms with Crippen molar-refractivity contribution in [1.29, 1.82) is 0 Å². The molecule has 0 aliphatic carbocycles. The molecule has 1 atom stereocenters. The average molecular weight is 341 g/mol. The molecule has 0 saturated carbocycles. The van der Waals surface area contributed by atoms with Gasteiger partial charge >= 0.3 is 0 Å². The minimum absolute atomic E-state index is 0.0647. The fourth-order valence-corrected chi connectivity index (χ4v) is 2.81. The van der Waals surface area contributed by atoms with Crippen molar-refractivity contribution >= 4 is 42.9 Å². The molecule has 0 heterocycles. The van der Waals surface area contributed by atoms with Crippen LogP contribution in [0, 0.1) is 0 Å². The van der Waals surface area contributed by atoms with Crippen LogP contribution in [0.5, 0.6) is 0 Å². The number of hydrogen-bond donors (Lipinski definition) is 0. The molecule has 0 aliphatic heterocycles. The maximum atomic E-state index is 10.5. The Kier molecular flexibility index (Phi) is 5.30. The highest BCUT2D eigenvalue weighted by molar-refractivity contribution is 9.10. The van der Waals surface area contributed by atoms with Crippen molar-refractivity contribution in [1.82, 2.24) is 0 Å². The second kappa shape index (κ2) is 6.00. The lowest BCUT2D eigenvalue weighted by Crippen LogP contribution is -1.96. The van der Waals surface area contributed by atoms with Crippen molar-refractivity contribution in [2.45, 2.75) is 12.2 Å². The minimum atomic E-state index is -2.03. The van der Waals surface area contributed by atoms with Crippen LogP contribution >= 0.6 is 31.9 Å². The first-order valence-corrected chi connectivity index (χ1v) is 7.18. The van der Waals surface area contributed by atoms with Gasteiger partial charge in [0, 0.05) is 15.6 Å². The lowest BCUT2D eigenvalue weighted by Gasteiger charge is -2.08. The van der Waals surface area contributed by atoms with Crippen molar-refractivity contribution < 1.29 is 8.76 Å². The zero-order chi connectivity index (χ0) is 10.6. The molecule has 78 valence electrons. The Hall–Kier alpha value is 0.290. The molecule has 0 spiro atoms. The van der Waals surface area contributed by atoms with Crippen molar-refractivity contribution in [3.05, 3.63) is 33.8 Å². The smallest absolute Gasteiger partial charge is 0.0364 e. The molecular weight excluding hydrogens is 332 g/mol. The monoisotopic (exact) mass is 339 g/mol. The van der Waals surface area contributed by atoms with E-state index in [4.69, 9.17) is 0 Å². The first-order valence-electron chi connectivity index (χ1n) is 4.02. The first kappa shape index (κ1) is 12.4. The van der Waals surface area contributed by atoms with Gasteiger partial charge in [0.25, 0.3) is 0 Å². The number of halogens is 2. The van der Waals surface area contributed by atoms with Gasteiger partial charge in [-0.15, -0.1) is 0 Å². The van der Waals surface area contributed by atoms with E-state index in [2.05, 4.69) is 31.9 Å². The fraction of sp³-hybridized carbons (Fsp3) is 0.333. The standard InChI is InChI=1S/C9H10Br2O2S/c10-4-3-7-1-2-8(6-14(12)13)9(11)5-7/h1-2,5H,3-4,6H2,(H,12,13)/p-1. The van der Waals surface area contributed by atoms with Crippen molar-refractivity contribution in [2.75, 3.05) is 5.33 Å². The topological polar surface area (TPSA) is 40.1 Å². The summed E-state index contributed by atoms with van der Waals surface area (Å²) >= 11 is 4.69. The molecule has 0 N–H and O–H groups in total. The zero-order valence-electron chi connectivity index (χ0n) is 7.33. The predicted octanol–water partition coefficient (Wildman–Crippen LogP) is 2.77. The molecule has 2 nitrogen and oxygen atoms in total. The van der Waals surface area contributed by atoms with Crippen LogP contribution in [0.1, 0.15) is 11.1 Å². The third-order valence-corrected chi connectivity index (χ3v) is 3.46. The predicted molar refractivity (Wildman–Crippen MR) is 64.3 cm³/mol. The lowest BCUT2D eigenvalue weighted by molar-refractivity contribution is 0.536. The maximum Gasteiger partial charge on any atom is 0.0364 e. The SMILES string of the molecule is O=S([O-])Cc1ccc(CCBr)cc1Br. The van der Waals surface area contributed by atoms with E-state index < -0.39 is 11.1 Å². The molecule has 1 unspecified atom stereocenters. The van der Waals surface area contributed by atoms with E-state index in [1.165, 1.54) is 5.56 Å². The first-order chi connectivity index (χ1) is 6.63. The highest BCUT2D eigenvalue weighted by Gasteiger charge is 2.01. The molecule has 1 aromatic carbocycles. The Morgan fingerprint density at radius 1 is 1.43 bits per heavy atom. The summed E-state index contributed by atoms with van der Waals surface area (Å²) in [6.07, 6.45) is 0.944. The maximum absolute atomic E-state index is 10.5. The van der Waals surface area contributed by atoms with E-state index >= 15 is 0 Å². The number of benzene rings is 1. The van der Waals surface area contributed by atoms with Gasteiger partial charge in [-0.05, 0) is 23.6 Å². The normalized spacial score (nSPS) is 12.8. The lowest BCUT2D eigenvalue weighted by atomic mass is 10.1. The summed E-state index contributed by atoms with van der Waals surface area (Å²) in [6, 6.07) is 5.76. The number of aryl methyl sites for hydroxylation is 1. The summed E-state index contributed by atoms with van der Waals surface area (Å²) in [5, 5.41) is 0.909. The summed E-state index contributed by atoms with van der Waals surface area (Å²) in [4.78, 5) is 0. The molecule has 5 heteroatoms. The van der Waals surface area contributed by atoms with Gasteiger partial charge in [-0.1, -0.05) is 55.1 Å². The van der Waals surface area contributed by atoms with Crippen LogP contribution in [-0.2, 0) is 23.3 Å². The molecule has 1 aromatic rings. The minimum Gasteiger partial charge on any atom is -0.772 e. The van der Waals surface area contributed by atoms with Gasteiger partial charge in [-0.2, -0.15) is 0 Å². The fourth-order valence-electron chi connectivity index (χ4n) is 1.10. The highest BCUT2D eigenvalue weighted by atomic mass is 79.9. The number of alkyl halides is 1. The van der Waals surface area contributed by atoms with Crippen LogP contribution < -0.4 is 0 Å². The van der Waals surface area contributed by atoms with Gasteiger partial charge in [0.1, 0.15) is 0 Å². The molecule has 0 aliphatic rings.